The van der Waals surface area contributed by atoms with Gasteiger partial charge in [0.2, 0.25) is 0 Å². The Morgan fingerprint density at radius 1 is 1.00 bits per heavy atom. The van der Waals surface area contributed by atoms with Crippen molar-refractivity contribution >= 4 is 11.6 Å². The van der Waals surface area contributed by atoms with E-state index in [1.54, 1.807) is 14.2 Å². The molecule has 0 spiro atoms. The Hall–Kier alpha value is -1.91. The van der Waals surface area contributed by atoms with E-state index in [4.69, 9.17) is 25.8 Å². The van der Waals surface area contributed by atoms with Crippen molar-refractivity contribution in [2.24, 2.45) is 0 Å². The minimum atomic E-state index is 0.645. The zero-order valence-electron chi connectivity index (χ0n) is 15.1. The van der Waals surface area contributed by atoms with Crippen molar-refractivity contribution in [2.45, 2.75) is 26.3 Å². The smallest absolute Gasteiger partial charge is 0.162 e. The molecule has 25 heavy (non-hydrogen) atoms. The van der Waals surface area contributed by atoms with Crippen LogP contribution in [0.2, 0.25) is 5.02 Å². The average Bonchev–Trinajstić information content (AvgIpc) is 2.65. The first-order valence-electron chi connectivity index (χ1n) is 8.50. The van der Waals surface area contributed by atoms with E-state index >= 15 is 0 Å². The fourth-order valence-electron chi connectivity index (χ4n) is 2.45. The van der Waals surface area contributed by atoms with E-state index < -0.39 is 0 Å². The molecule has 0 saturated heterocycles. The van der Waals surface area contributed by atoms with Gasteiger partial charge in [0.05, 0.1) is 20.8 Å². The summed E-state index contributed by atoms with van der Waals surface area (Å²) in [7, 11) is 3.32. The molecule has 136 valence electrons. The Morgan fingerprint density at radius 2 is 1.76 bits per heavy atom. The molecule has 0 saturated carbocycles. The van der Waals surface area contributed by atoms with Gasteiger partial charge in [-0.25, -0.2) is 0 Å². The van der Waals surface area contributed by atoms with Crippen LogP contribution in [0.3, 0.4) is 0 Å². The summed E-state index contributed by atoms with van der Waals surface area (Å²) in [5, 5.41) is 4.11. The topological polar surface area (TPSA) is 39.7 Å². The van der Waals surface area contributed by atoms with Crippen LogP contribution in [0, 0.1) is 0 Å². The fourth-order valence-corrected chi connectivity index (χ4v) is 2.67. The fraction of sp³-hybridized carbons (Fsp3) is 0.400. The van der Waals surface area contributed by atoms with Gasteiger partial charge < -0.3 is 19.5 Å². The lowest BCUT2D eigenvalue weighted by molar-refractivity contribution is 0.294. The highest BCUT2D eigenvalue weighted by atomic mass is 35.5. The number of rotatable bonds is 10. The number of benzene rings is 2. The van der Waals surface area contributed by atoms with Crippen LogP contribution in [0.4, 0.5) is 0 Å². The third-order valence-electron chi connectivity index (χ3n) is 3.86. The monoisotopic (exact) mass is 363 g/mol. The molecule has 0 aliphatic rings. The first-order chi connectivity index (χ1) is 12.2. The maximum atomic E-state index is 6.38. The summed E-state index contributed by atoms with van der Waals surface area (Å²) >= 11 is 6.38. The molecule has 1 N–H and O–H groups in total. The molecule has 0 bridgehead atoms. The molecule has 2 aromatic carbocycles. The minimum Gasteiger partial charge on any atom is -0.497 e. The van der Waals surface area contributed by atoms with Crippen LogP contribution in [0.5, 0.6) is 17.2 Å². The maximum Gasteiger partial charge on any atom is 0.162 e. The standard InChI is InChI=1S/C20H26ClNO3/c1-4-11-25-20-13-18(21)16(12-19(20)24-3)14-22-10-9-15-5-7-17(23-2)8-6-15/h5-8,12-13,22H,4,9-11,14H2,1-3H3. The van der Waals surface area contributed by atoms with Gasteiger partial charge in [0, 0.05) is 17.6 Å². The van der Waals surface area contributed by atoms with Crippen molar-refractivity contribution < 1.29 is 14.2 Å². The van der Waals surface area contributed by atoms with Gasteiger partial charge >= 0.3 is 0 Å². The number of hydrogen-bond donors (Lipinski definition) is 1. The van der Waals surface area contributed by atoms with Gasteiger partial charge in [-0.1, -0.05) is 30.7 Å². The van der Waals surface area contributed by atoms with E-state index in [1.807, 2.05) is 24.3 Å². The van der Waals surface area contributed by atoms with Crippen LogP contribution in [0.25, 0.3) is 0 Å². The summed E-state index contributed by atoms with van der Waals surface area (Å²) in [6, 6.07) is 11.9. The second-order valence-electron chi connectivity index (χ2n) is 5.72. The number of hydrogen-bond acceptors (Lipinski definition) is 4. The van der Waals surface area contributed by atoms with Gasteiger partial charge in [-0.05, 0) is 48.7 Å². The summed E-state index contributed by atoms with van der Waals surface area (Å²) in [5.74, 6) is 2.28. The molecule has 2 aromatic rings. The second kappa shape index (κ2) is 10.2. The number of methoxy groups -OCH3 is 2. The summed E-state index contributed by atoms with van der Waals surface area (Å²) in [5.41, 5.74) is 2.26. The average molecular weight is 364 g/mol. The van der Waals surface area contributed by atoms with Crippen LogP contribution >= 0.6 is 11.6 Å². The van der Waals surface area contributed by atoms with E-state index in [1.165, 1.54) is 5.56 Å². The first-order valence-corrected chi connectivity index (χ1v) is 8.88. The molecule has 0 atom stereocenters. The zero-order valence-corrected chi connectivity index (χ0v) is 15.9. The summed E-state index contributed by atoms with van der Waals surface area (Å²) < 4.78 is 16.3. The second-order valence-corrected chi connectivity index (χ2v) is 6.12. The van der Waals surface area contributed by atoms with Crippen LogP contribution in [-0.4, -0.2) is 27.4 Å². The SMILES string of the molecule is CCCOc1cc(Cl)c(CNCCc2ccc(OC)cc2)cc1OC. The van der Waals surface area contributed by atoms with E-state index in [-0.39, 0.29) is 0 Å². The lowest BCUT2D eigenvalue weighted by Gasteiger charge is -2.14. The van der Waals surface area contributed by atoms with Gasteiger partial charge in [-0.2, -0.15) is 0 Å². The Labute approximate surface area is 155 Å². The van der Waals surface area contributed by atoms with E-state index in [2.05, 4.69) is 24.4 Å². The zero-order chi connectivity index (χ0) is 18.1. The number of halogens is 1. The van der Waals surface area contributed by atoms with Crippen molar-refractivity contribution in [3.63, 3.8) is 0 Å². The molecule has 0 radical (unpaired) electrons. The van der Waals surface area contributed by atoms with E-state index in [0.29, 0.717) is 29.7 Å². The van der Waals surface area contributed by atoms with Crippen LogP contribution in [-0.2, 0) is 13.0 Å². The van der Waals surface area contributed by atoms with Crippen molar-refractivity contribution in [3.8, 4) is 17.2 Å². The molecule has 0 amide bonds. The molecule has 0 unspecified atom stereocenters. The molecule has 0 aliphatic heterocycles. The Bertz CT molecular complexity index is 659. The van der Waals surface area contributed by atoms with Crippen molar-refractivity contribution in [2.75, 3.05) is 27.4 Å². The number of ether oxygens (including phenoxy) is 3. The lowest BCUT2D eigenvalue weighted by Crippen LogP contribution is -2.17. The molecule has 2 rings (SSSR count). The third kappa shape index (κ3) is 5.83. The van der Waals surface area contributed by atoms with Crippen molar-refractivity contribution in [1.29, 1.82) is 0 Å². The molecule has 5 heteroatoms. The van der Waals surface area contributed by atoms with Gasteiger partial charge in [0.1, 0.15) is 5.75 Å². The number of nitrogens with one attached hydrogen (secondary N) is 1. The van der Waals surface area contributed by atoms with Crippen LogP contribution in [0.15, 0.2) is 36.4 Å². The molecule has 4 nitrogen and oxygen atoms in total. The first kappa shape index (κ1) is 19.4. The predicted octanol–water partition coefficient (Wildman–Crippen LogP) is 4.48. The molecule has 0 heterocycles. The minimum absolute atomic E-state index is 0.645. The maximum absolute atomic E-state index is 6.38. The molecule has 0 aromatic heterocycles. The molecule has 0 aliphatic carbocycles. The highest BCUT2D eigenvalue weighted by molar-refractivity contribution is 6.31. The molecular weight excluding hydrogens is 338 g/mol. The Morgan fingerprint density at radius 3 is 2.40 bits per heavy atom. The predicted molar refractivity (Wildman–Crippen MR) is 102 cm³/mol. The van der Waals surface area contributed by atoms with Crippen molar-refractivity contribution in [3.05, 3.63) is 52.5 Å². The highest BCUT2D eigenvalue weighted by Gasteiger charge is 2.10. The van der Waals surface area contributed by atoms with Gasteiger partial charge in [-0.3, -0.25) is 0 Å². The summed E-state index contributed by atoms with van der Waals surface area (Å²) in [6.45, 7) is 4.25. The highest BCUT2D eigenvalue weighted by Crippen LogP contribution is 2.33. The Kier molecular flexibility index (Phi) is 7.89. The van der Waals surface area contributed by atoms with Gasteiger partial charge in [-0.15, -0.1) is 0 Å². The third-order valence-corrected chi connectivity index (χ3v) is 4.21. The van der Waals surface area contributed by atoms with Crippen LogP contribution < -0.4 is 19.5 Å². The molecule has 0 fully saturated rings. The molecular formula is C20H26ClNO3. The van der Waals surface area contributed by atoms with Gasteiger partial charge in [0.25, 0.3) is 0 Å². The summed E-state index contributed by atoms with van der Waals surface area (Å²) in [4.78, 5) is 0. The Balaban J connectivity index is 1.89. The quantitative estimate of drug-likeness (QED) is 0.632. The summed E-state index contributed by atoms with van der Waals surface area (Å²) in [6.07, 6.45) is 1.88. The van der Waals surface area contributed by atoms with Gasteiger partial charge in [0.15, 0.2) is 11.5 Å². The lowest BCUT2D eigenvalue weighted by atomic mass is 10.1. The largest absolute Gasteiger partial charge is 0.497 e. The normalized spacial score (nSPS) is 10.6. The van der Waals surface area contributed by atoms with E-state index in [9.17, 15) is 0 Å². The van der Waals surface area contributed by atoms with Crippen LogP contribution in [0.1, 0.15) is 24.5 Å². The van der Waals surface area contributed by atoms with Crippen molar-refractivity contribution in [1.82, 2.24) is 5.32 Å². The van der Waals surface area contributed by atoms with E-state index in [0.717, 1.165) is 30.7 Å².